The summed E-state index contributed by atoms with van der Waals surface area (Å²) in [5.74, 6) is 0.0634. The predicted octanol–water partition coefficient (Wildman–Crippen LogP) is 4.09. The Hall–Kier alpha value is -2.41. The Morgan fingerprint density at radius 3 is 2.63 bits per heavy atom. The van der Waals surface area contributed by atoms with Crippen LogP contribution in [-0.2, 0) is 13.1 Å². The van der Waals surface area contributed by atoms with E-state index in [1.54, 1.807) is 0 Å². The smallest absolute Gasteiger partial charge is 0.273 e. The monoisotopic (exact) mass is 429 g/mol. The fourth-order valence-electron chi connectivity index (χ4n) is 2.99. The summed E-state index contributed by atoms with van der Waals surface area (Å²) in [5, 5.41) is 14.5. The highest BCUT2D eigenvalue weighted by atomic mass is 79.9. The molecule has 0 bridgehead atoms. The summed E-state index contributed by atoms with van der Waals surface area (Å²) in [6, 6.07) is 10.2. The van der Waals surface area contributed by atoms with Gasteiger partial charge in [-0.1, -0.05) is 38.1 Å². The van der Waals surface area contributed by atoms with Crippen LogP contribution in [0.5, 0.6) is 0 Å². The fraction of sp³-hybridized carbons (Fsp3) is 0.350. The van der Waals surface area contributed by atoms with Gasteiger partial charge in [-0.05, 0) is 52.9 Å². The molecular weight excluding hydrogens is 406 g/mol. The lowest BCUT2D eigenvalue weighted by molar-refractivity contribution is 0.0945. The average molecular weight is 430 g/mol. The van der Waals surface area contributed by atoms with E-state index in [9.17, 15) is 4.79 Å². The van der Waals surface area contributed by atoms with E-state index in [2.05, 4.69) is 61.7 Å². The first-order valence-corrected chi connectivity index (χ1v) is 9.75. The molecule has 0 aliphatic carbocycles. The molecule has 0 saturated carbocycles. The summed E-state index contributed by atoms with van der Waals surface area (Å²) in [4.78, 5) is 12.5. The zero-order chi connectivity index (χ0) is 19.6. The Morgan fingerprint density at radius 2 is 2.00 bits per heavy atom. The van der Waals surface area contributed by atoms with Gasteiger partial charge >= 0.3 is 0 Å². The predicted molar refractivity (Wildman–Crippen MR) is 109 cm³/mol. The summed E-state index contributed by atoms with van der Waals surface area (Å²) in [7, 11) is 0. The van der Waals surface area contributed by atoms with Crippen molar-refractivity contribution in [1.29, 1.82) is 0 Å². The Balaban J connectivity index is 1.66. The lowest BCUT2D eigenvalue weighted by Gasteiger charge is -2.08. The molecule has 3 rings (SSSR count). The minimum absolute atomic E-state index is 0.200. The Morgan fingerprint density at radius 1 is 1.26 bits per heavy atom. The summed E-state index contributed by atoms with van der Waals surface area (Å²) >= 11 is 3.47. The lowest BCUT2D eigenvalue weighted by Crippen LogP contribution is -2.23. The maximum absolute atomic E-state index is 12.5. The second-order valence-electron chi connectivity index (χ2n) is 7.04. The number of aromatic nitrogens is 4. The topological polar surface area (TPSA) is 75.6 Å². The highest BCUT2D eigenvalue weighted by Gasteiger charge is 2.19. The van der Waals surface area contributed by atoms with E-state index in [1.807, 2.05) is 37.6 Å². The summed E-state index contributed by atoms with van der Waals surface area (Å²) in [5.41, 5.74) is 5.65. The van der Waals surface area contributed by atoms with E-state index < -0.39 is 0 Å². The molecule has 7 heteroatoms. The van der Waals surface area contributed by atoms with Gasteiger partial charge in [0.25, 0.3) is 5.91 Å². The average Bonchev–Trinajstić information content (AvgIpc) is 3.15. The van der Waals surface area contributed by atoms with Gasteiger partial charge < -0.3 is 5.32 Å². The largest absolute Gasteiger partial charge is 0.347 e. The molecule has 142 valence electrons. The van der Waals surface area contributed by atoms with Crippen molar-refractivity contribution in [1.82, 2.24) is 25.3 Å². The second kappa shape index (κ2) is 8.08. The van der Waals surface area contributed by atoms with Gasteiger partial charge in [0, 0.05) is 12.2 Å². The Bertz CT molecular complexity index is 957. The summed E-state index contributed by atoms with van der Waals surface area (Å²) in [6.45, 7) is 9.30. The standard InChI is InChI=1S/C20H24BrN5O/c1-12(2)18-17(21)19(24-23-18)20(27)22-10-15-6-5-7-16(9-15)11-26-14(4)8-13(3)25-26/h5-9,12H,10-11H2,1-4H3,(H,22,27)(H,23,24). The van der Waals surface area contributed by atoms with Gasteiger partial charge in [-0.3, -0.25) is 14.6 Å². The molecule has 27 heavy (non-hydrogen) atoms. The molecule has 0 radical (unpaired) electrons. The molecule has 0 spiro atoms. The molecule has 0 saturated heterocycles. The molecule has 0 atom stereocenters. The third-order valence-electron chi connectivity index (χ3n) is 4.41. The van der Waals surface area contributed by atoms with E-state index in [0.717, 1.165) is 32.7 Å². The van der Waals surface area contributed by atoms with Crippen LogP contribution in [0.4, 0.5) is 0 Å². The van der Waals surface area contributed by atoms with Crippen molar-refractivity contribution in [3.05, 3.63) is 68.7 Å². The highest BCUT2D eigenvalue weighted by molar-refractivity contribution is 9.10. The fourth-order valence-corrected chi connectivity index (χ4v) is 3.80. The summed E-state index contributed by atoms with van der Waals surface area (Å²) < 4.78 is 2.72. The summed E-state index contributed by atoms with van der Waals surface area (Å²) in [6.07, 6.45) is 0. The molecule has 2 N–H and O–H groups in total. The molecule has 1 amide bonds. The van der Waals surface area contributed by atoms with Crippen molar-refractivity contribution >= 4 is 21.8 Å². The molecule has 1 aromatic carbocycles. The first-order chi connectivity index (χ1) is 12.8. The van der Waals surface area contributed by atoms with Crippen molar-refractivity contribution in [3.8, 4) is 0 Å². The Labute approximate surface area is 167 Å². The molecule has 0 aliphatic heterocycles. The maximum Gasteiger partial charge on any atom is 0.273 e. The van der Waals surface area contributed by atoms with Crippen LogP contribution in [-0.4, -0.2) is 25.9 Å². The minimum Gasteiger partial charge on any atom is -0.347 e. The second-order valence-corrected chi connectivity index (χ2v) is 7.83. The first-order valence-electron chi connectivity index (χ1n) is 8.96. The molecule has 6 nitrogen and oxygen atoms in total. The number of H-pyrrole nitrogens is 1. The van der Waals surface area contributed by atoms with Crippen LogP contribution in [0, 0.1) is 13.8 Å². The van der Waals surface area contributed by atoms with Gasteiger partial charge in [0.2, 0.25) is 0 Å². The minimum atomic E-state index is -0.200. The third kappa shape index (κ3) is 4.47. The number of amides is 1. The molecule has 0 aliphatic rings. The molecule has 0 unspecified atom stereocenters. The number of benzene rings is 1. The Kier molecular flexibility index (Phi) is 5.79. The van der Waals surface area contributed by atoms with Crippen molar-refractivity contribution < 1.29 is 4.79 Å². The third-order valence-corrected chi connectivity index (χ3v) is 5.21. The number of aryl methyl sites for hydroxylation is 2. The number of hydrogen-bond donors (Lipinski definition) is 2. The number of carbonyl (C=O) groups is 1. The van der Waals surface area contributed by atoms with Crippen LogP contribution in [0.3, 0.4) is 0 Å². The van der Waals surface area contributed by atoms with E-state index in [1.165, 1.54) is 0 Å². The lowest BCUT2D eigenvalue weighted by atomic mass is 10.1. The number of nitrogens with one attached hydrogen (secondary N) is 2. The number of halogens is 1. The van der Waals surface area contributed by atoms with Gasteiger partial charge in [0.15, 0.2) is 5.69 Å². The van der Waals surface area contributed by atoms with Gasteiger partial charge in [0.1, 0.15) is 0 Å². The van der Waals surface area contributed by atoms with Crippen molar-refractivity contribution in [2.24, 2.45) is 0 Å². The van der Waals surface area contributed by atoms with Gasteiger partial charge in [0.05, 0.1) is 22.4 Å². The number of aromatic amines is 1. The van der Waals surface area contributed by atoms with E-state index in [0.29, 0.717) is 18.8 Å². The maximum atomic E-state index is 12.5. The van der Waals surface area contributed by atoms with E-state index in [-0.39, 0.29) is 11.8 Å². The van der Waals surface area contributed by atoms with E-state index in [4.69, 9.17) is 0 Å². The number of carbonyl (C=O) groups excluding carboxylic acids is 1. The molecule has 2 aromatic heterocycles. The SMILES string of the molecule is Cc1cc(C)n(Cc2cccc(CNC(=O)c3n[nH]c(C(C)C)c3Br)c2)n1. The van der Waals surface area contributed by atoms with Crippen LogP contribution in [0.1, 0.15) is 58.5 Å². The first kappa shape index (κ1) is 19.4. The van der Waals surface area contributed by atoms with Crippen LogP contribution < -0.4 is 5.32 Å². The van der Waals surface area contributed by atoms with E-state index >= 15 is 0 Å². The number of hydrogen-bond acceptors (Lipinski definition) is 3. The van der Waals surface area contributed by atoms with Crippen LogP contribution in [0.25, 0.3) is 0 Å². The normalized spacial score (nSPS) is 11.2. The van der Waals surface area contributed by atoms with Gasteiger partial charge in [-0.15, -0.1) is 0 Å². The van der Waals surface area contributed by atoms with Crippen LogP contribution in [0.2, 0.25) is 0 Å². The van der Waals surface area contributed by atoms with Crippen molar-refractivity contribution in [3.63, 3.8) is 0 Å². The molecular formula is C20H24BrN5O. The molecule has 3 aromatic rings. The molecule has 0 fully saturated rings. The highest BCUT2D eigenvalue weighted by Crippen LogP contribution is 2.25. The van der Waals surface area contributed by atoms with Crippen molar-refractivity contribution in [2.45, 2.75) is 46.7 Å². The molecule has 2 heterocycles. The van der Waals surface area contributed by atoms with Gasteiger partial charge in [-0.2, -0.15) is 10.2 Å². The van der Waals surface area contributed by atoms with Crippen molar-refractivity contribution in [2.75, 3.05) is 0 Å². The quantitative estimate of drug-likeness (QED) is 0.619. The van der Waals surface area contributed by atoms with Crippen LogP contribution in [0.15, 0.2) is 34.8 Å². The van der Waals surface area contributed by atoms with Gasteiger partial charge in [-0.25, -0.2) is 0 Å². The van der Waals surface area contributed by atoms with Crippen LogP contribution >= 0.6 is 15.9 Å². The number of rotatable bonds is 6. The zero-order valence-corrected chi connectivity index (χ0v) is 17.6. The zero-order valence-electron chi connectivity index (χ0n) is 16.0. The number of nitrogens with zero attached hydrogens (tertiary/aromatic N) is 3.